The maximum absolute atomic E-state index is 11.1. The molecule has 0 aliphatic carbocycles. The van der Waals surface area contributed by atoms with E-state index in [2.05, 4.69) is 4.98 Å². The van der Waals surface area contributed by atoms with E-state index in [1.807, 2.05) is 18.7 Å². The minimum atomic E-state index is -1.14. The number of hydrogen-bond acceptors (Lipinski definition) is 5. The van der Waals surface area contributed by atoms with E-state index in [0.29, 0.717) is 26.1 Å². The molecule has 0 bridgehead atoms. The fraction of sp³-hybridized carbons (Fsp3) is 0.571. The normalized spacial score (nSPS) is 23.0. The van der Waals surface area contributed by atoms with E-state index in [9.17, 15) is 4.79 Å². The quantitative estimate of drug-likeness (QED) is 0.843. The first-order valence-corrected chi connectivity index (χ1v) is 6.61. The van der Waals surface area contributed by atoms with Gasteiger partial charge < -0.3 is 15.6 Å². The standard InChI is InChI=1S/C14H21N3O3/c1-9-6-16-11(10(2)12(9)20-3)7-17-5-4-14(15,8-17)13(18)19/h6H,4-5,7-8,15H2,1-3H3,(H,18,19). The molecule has 0 radical (unpaired) electrons. The Hall–Kier alpha value is -1.66. The fourth-order valence-corrected chi connectivity index (χ4v) is 2.67. The molecule has 0 aromatic carbocycles. The maximum atomic E-state index is 11.1. The molecule has 6 heteroatoms. The molecule has 3 N–H and O–H groups in total. The molecule has 1 saturated heterocycles. The summed E-state index contributed by atoms with van der Waals surface area (Å²) in [6.45, 7) is 5.53. The molecule has 2 rings (SSSR count). The van der Waals surface area contributed by atoms with E-state index in [1.54, 1.807) is 13.3 Å². The number of ether oxygens (including phenoxy) is 1. The second-order valence-corrected chi connectivity index (χ2v) is 5.47. The molecule has 1 aromatic rings. The number of methoxy groups -OCH3 is 1. The number of aryl methyl sites for hydroxylation is 1. The smallest absolute Gasteiger partial charge is 0.325 e. The van der Waals surface area contributed by atoms with Crippen LogP contribution < -0.4 is 10.5 Å². The Morgan fingerprint density at radius 3 is 2.85 bits per heavy atom. The van der Waals surface area contributed by atoms with Crippen molar-refractivity contribution in [3.05, 3.63) is 23.0 Å². The number of rotatable bonds is 4. The molecule has 0 spiro atoms. The molecular weight excluding hydrogens is 258 g/mol. The number of nitrogens with two attached hydrogens (primary N) is 1. The summed E-state index contributed by atoms with van der Waals surface area (Å²) in [5.41, 5.74) is 7.64. The zero-order valence-corrected chi connectivity index (χ0v) is 12.1. The van der Waals surface area contributed by atoms with Crippen molar-refractivity contribution < 1.29 is 14.6 Å². The first kappa shape index (κ1) is 14.7. The number of nitrogens with zero attached hydrogens (tertiary/aromatic N) is 2. The third-order valence-electron chi connectivity index (χ3n) is 3.93. The van der Waals surface area contributed by atoms with Gasteiger partial charge in [-0.1, -0.05) is 0 Å². The number of carboxylic acids is 1. The van der Waals surface area contributed by atoms with Gasteiger partial charge in [-0.3, -0.25) is 14.7 Å². The maximum Gasteiger partial charge on any atom is 0.325 e. The summed E-state index contributed by atoms with van der Waals surface area (Å²) in [5, 5.41) is 9.14. The predicted octanol–water partition coefficient (Wildman–Crippen LogP) is 0.695. The summed E-state index contributed by atoms with van der Waals surface area (Å²) in [6, 6.07) is 0. The van der Waals surface area contributed by atoms with Gasteiger partial charge in [0.1, 0.15) is 11.3 Å². The van der Waals surface area contributed by atoms with Crippen LogP contribution in [0.3, 0.4) is 0 Å². The van der Waals surface area contributed by atoms with Crippen LogP contribution in [0.25, 0.3) is 0 Å². The van der Waals surface area contributed by atoms with Crippen molar-refractivity contribution in [2.45, 2.75) is 32.4 Å². The number of hydrogen-bond donors (Lipinski definition) is 2. The minimum absolute atomic E-state index is 0.347. The molecule has 6 nitrogen and oxygen atoms in total. The topological polar surface area (TPSA) is 88.7 Å². The van der Waals surface area contributed by atoms with Crippen molar-refractivity contribution >= 4 is 5.97 Å². The third kappa shape index (κ3) is 2.62. The first-order valence-electron chi connectivity index (χ1n) is 6.61. The third-order valence-corrected chi connectivity index (χ3v) is 3.93. The Morgan fingerprint density at radius 1 is 1.60 bits per heavy atom. The summed E-state index contributed by atoms with van der Waals surface area (Å²) in [5.74, 6) is -0.0994. The van der Waals surface area contributed by atoms with Gasteiger partial charge in [-0.05, 0) is 20.3 Å². The Kier molecular flexibility index (Phi) is 3.96. The van der Waals surface area contributed by atoms with E-state index in [1.165, 1.54) is 0 Å². The average Bonchev–Trinajstić information content (AvgIpc) is 2.77. The Labute approximate surface area is 118 Å². The van der Waals surface area contributed by atoms with Gasteiger partial charge in [-0.15, -0.1) is 0 Å². The van der Waals surface area contributed by atoms with Crippen LogP contribution in [-0.4, -0.2) is 46.7 Å². The second kappa shape index (κ2) is 5.38. The molecule has 1 fully saturated rings. The van der Waals surface area contributed by atoms with Crippen molar-refractivity contribution in [1.82, 2.24) is 9.88 Å². The van der Waals surface area contributed by atoms with Crippen LogP contribution >= 0.6 is 0 Å². The molecule has 1 unspecified atom stereocenters. The van der Waals surface area contributed by atoms with Gasteiger partial charge in [0.05, 0.1) is 12.8 Å². The van der Waals surface area contributed by atoms with Crippen LogP contribution in [0.4, 0.5) is 0 Å². The van der Waals surface area contributed by atoms with E-state index in [4.69, 9.17) is 15.6 Å². The van der Waals surface area contributed by atoms with Crippen LogP contribution in [0.2, 0.25) is 0 Å². The summed E-state index contributed by atoms with van der Waals surface area (Å²) < 4.78 is 5.38. The highest BCUT2D eigenvalue weighted by molar-refractivity contribution is 5.79. The average molecular weight is 279 g/mol. The summed E-state index contributed by atoms with van der Waals surface area (Å²) in [6.07, 6.45) is 2.24. The highest BCUT2D eigenvalue weighted by Gasteiger charge is 2.41. The number of carboxylic acid groups (broad SMARTS) is 1. The Morgan fingerprint density at radius 2 is 2.30 bits per heavy atom. The summed E-state index contributed by atoms with van der Waals surface area (Å²) in [4.78, 5) is 17.6. The Balaban J connectivity index is 2.15. The summed E-state index contributed by atoms with van der Waals surface area (Å²) in [7, 11) is 1.64. The monoisotopic (exact) mass is 279 g/mol. The molecule has 1 aromatic heterocycles. The van der Waals surface area contributed by atoms with Gasteiger partial charge in [0.15, 0.2) is 0 Å². The number of likely N-dealkylation sites (tertiary alicyclic amines) is 1. The van der Waals surface area contributed by atoms with Gasteiger partial charge >= 0.3 is 5.97 Å². The van der Waals surface area contributed by atoms with E-state index < -0.39 is 11.5 Å². The van der Waals surface area contributed by atoms with Crippen LogP contribution in [-0.2, 0) is 11.3 Å². The second-order valence-electron chi connectivity index (χ2n) is 5.47. The zero-order valence-electron chi connectivity index (χ0n) is 12.1. The number of aliphatic carboxylic acids is 1. The lowest BCUT2D eigenvalue weighted by Gasteiger charge is -2.21. The van der Waals surface area contributed by atoms with Crippen molar-refractivity contribution in [3.63, 3.8) is 0 Å². The molecule has 0 amide bonds. The number of carbonyl (C=O) groups is 1. The highest BCUT2D eigenvalue weighted by Crippen LogP contribution is 2.27. The predicted molar refractivity (Wildman–Crippen MR) is 74.7 cm³/mol. The number of pyridine rings is 1. The highest BCUT2D eigenvalue weighted by atomic mass is 16.5. The minimum Gasteiger partial charge on any atom is -0.496 e. The lowest BCUT2D eigenvalue weighted by Crippen LogP contribution is -2.50. The molecule has 1 aliphatic heterocycles. The van der Waals surface area contributed by atoms with Crippen molar-refractivity contribution in [3.8, 4) is 5.75 Å². The van der Waals surface area contributed by atoms with Crippen LogP contribution in [0.15, 0.2) is 6.20 Å². The van der Waals surface area contributed by atoms with E-state index in [-0.39, 0.29) is 0 Å². The lowest BCUT2D eigenvalue weighted by molar-refractivity contribution is -0.142. The zero-order chi connectivity index (χ0) is 14.9. The van der Waals surface area contributed by atoms with Crippen molar-refractivity contribution in [2.24, 2.45) is 5.73 Å². The molecule has 1 atom stereocenters. The van der Waals surface area contributed by atoms with Gasteiger partial charge in [0.2, 0.25) is 0 Å². The van der Waals surface area contributed by atoms with Crippen molar-refractivity contribution in [2.75, 3.05) is 20.2 Å². The summed E-state index contributed by atoms with van der Waals surface area (Å²) >= 11 is 0. The van der Waals surface area contributed by atoms with Crippen LogP contribution in [0, 0.1) is 13.8 Å². The van der Waals surface area contributed by atoms with E-state index in [0.717, 1.165) is 22.6 Å². The van der Waals surface area contributed by atoms with Gasteiger partial charge in [-0.2, -0.15) is 0 Å². The molecule has 20 heavy (non-hydrogen) atoms. The lowest BCUT2D eigenvalue weighted by atomic mass is 10.0. The fourth-order valence-electron chi connectivity index (χ4n) is 2.67. The van der Waals surface area contributed by atoms with Gasteiger partial charge in [0.25, 0.3) is 0 Å². The largest absolute Gasteiger partial charge is 0.496 e. The molecule has 0 saturated carbocycles. The number of aromatic nitrogens is 1. The Bertz CT molecular complexity index is 533. The molecular formula is C14H21N3O3. The van der Waals surface area contributed by atoms with Gasteiger partial charge in [0, 0.05) is 37.0 Å². The van der Waals surface area contributed by atoms with Crippen LogP contribution in [0.1, 0.15) is 23.2 Å². The molecule has 1 aliphatic rings. The van der Waals surface area contributed by atoms with Gasteiger partial charge in [-0.25, -0.2) is 0 Å². The van der Waals surface area contributed by atoms with Crippen molar-refractivity contribution in [1.29, 1.82) is 0 Å². The van der Waals surface area contributed by atoms with Crippen LogP contribution in [0.5, 0.6) is 5.75 Å². The van der Waals surface area contributed by atoms with E-state index >= 15 is 0 Å². The SMILES string of the molecule is COc1c(C)cnc(CN2CCC(N)(C(=O)O)C2)c1C. The first-order chi connectivity index (χ1) is 9.37. The molecule has 110 valence electrons. The molecule has 2 heterocycles.